The maximum absolute atomic E-state index is 10.6. The van der Waals surface area contributed by atoms with Crippen molar-refractivity contribution in [2.75, 3.05) is 13.9 Å². The lowest BCUT2D eigenvalue weighted by molar-refractivity contribution is 0.0506. The van der Waals surface area contributed by atoms with E-state index in [4.69, 9.17) is 21.1 Å². The number of halogens is 1. The molecule has 4 heteroatoms. The first-order valence-corrected chi connectivity index (χ1v) is 4.44. The second kappa shape index (κ2) is 4.98. The van der Waals surface area contributed by atoms with Gasteiger partial charge in [-0.3, -0.25) is 4.79 Å². The zero-order valence-electron chi connectivity index (χ0n) is 8.04. The highest BCUT2D eigenvalue weighted by Gasteiger charge is 2.07. The second-order valence-corrected chi connectivity index (χ2v) is 3.14. The fraction of sp³-hybridized carbons (Fsp3) is 0.300. The minimum Gasteiger partial charge on any atom is -0.467 e. The van der Waals surface area contributed by atoms with Crippen LogP contribution < -0.4 is 4.74 Å². The Morgan fingerprint density at radius 3 is 2.79 bits per heavy atom. The number of hydrogen-bond donors (Lipinski definition) is 0. The van der Waals surface area contributed by atoms with E-state index in [0.29, 0.717) is 16.3 Å². The summed E-state index contributed by atoms with van der Waals surface area (Å²) in [5.74, 6) is 0.627. The third-order valence-corrected chi connectivity index (χ3v) is 2.33. The molecule has 14 heavy (non-hydrogen) atoms. The molecule has 0 aliphatic carbocycles. The molecule has 0 N–H and O–H groups in total. The Kier molecular flexibility index (Phi) is 3.92. The van der Waals surface area contributed by atoms with Crippen molar-refractivity contribution in [3.63, 3.8) is 0 Å². The molecule has 0 aromatic heterocycles. The highest BCUT2D eigenvalue weighted by molar-refractivity contribution is 6.33. The third kappa shape index (κ3) is 2.25. The Morgan fingerprint density at radius 1 is 1.50 bits per heavy atom. The van der Waals surface area contributed by atoms with Crippen LogP contribution in [-0.4, -0.2) is 20.2 Å². The summed E-state index contributed by atoms with van der Waals surface area (Å²) in [6, 6.07) is 3.32. The molecule has 3 nitrogen and oxygen atoms in total. The van der Waals surface area contributed by atoms with Crippen LogP contribution >= 0.6 is 11.6 Å². The maximum atomic E-state index is 10.6. The topological polar surface area (TPSA) is 35.5 Å². The van der Waals surface area contributed by atoms with E-state index in [2.05, 4.69) is 0 Å². The first kappa shape index (κ1) is 11.0. The number of carbonyl (C=O) groups is 1. The van der Waals surface area contributed by atoms with Crippen LogP contribution in [0.1, 0.15) is 15.9 Å². The summed E-state index contributed by atoms with van der Waals surface area (Å²) in [5.41, 5.74) is 1.21. The molecule has 1 rings (SSSR count). The van der Waals surface area contributed by atoms with Crippen molar-refractivity contribution in [2.45, 2.75) is 6.92 Å². The molecule has 0 aliphatic heterocycles. The second-order valence-electron chi connectivity index (χ2n) is 2.76. The quantitative estimate of drug-likeness (QED) is 0.571. The molecule has 0 radical (unpaired) electrons. The third-order valence-electron chi connectivity index (χ3n) is 1.83. The number of methoxy groups -OCH3 is 1. The largest absolute Gasteiger partial charge is 0.467 e. The average Bonchev–Trinajstić information content (AvgIpc) is 2.20. The molecule has 0 atom stereocenters. The molecule has 1 aromatic rings. The fourth-order valence-corrected chi connectivity index (χ4v) is 1.26. The van der Waals surface area contributed by atoms with Crippen LogP contribution in [0, 0.1) is 6.92 Å². The monoisotopic (exact) mass is 214 g/mol. The van der Waals surface area contributed by atoms with E-state index >= 15 is 0 Å². The van der Waals surface area contributed by atoms with Gasteiger partial charge in [0.25, 0.3) is 0 Å². The van der Waals surface area contributed by atoms with Crippen LogP contribution in [-0.2, 0) is 4.74 Å². The molecule has 1 aromatic carbocycles. The van der Waals surface area contributed by atoms with Gasteiger partial charge in [-0.05, 0) is 19.1 Å². The molecule has 0 unspecified atom stereocenters. The summed E-state index contributed by atoms with van der Waals surface area (Å²) in [6.45, 7) is 1.96. The number of rotatable bonds is 4. The lowest BCUT2D eigenvalue weighted by Crippen LogP contribution is -2.01. The molecule has 0 fully saturated rings. The van der Waals surface area contributed by atoms with Crippen LogP contribution in [0.4, 0.5) is 0 Å². The summed E-state index contributed by atoms with van der Waals surface area (Å²) >= 11 is 5.93. The summed E-state index contributed by atoms with van der Waals surface area (Å²) in [4.78, 5) is 10.6. The van der Waals surface area contributed by atoms with Crippen molar-refractivity contribution in [2.24, 2.45) is 0 Å². The molecule has 0 heterocycles. The molecule has 0 saturated heterocycles. The number of aldehydes is 1. The van der Waals surface area contributed by atoms with Crippen molar-refractivity contribution in [1.29, 1.82) is 0 Å². The Balaban J connectivity index is 2.98. The van der Waals surface area contributed by atoms with Crippen LogP contribution in [0.25, 0.3) is 0 Å². The number of benzene rings is 1. The van der Waals surface area contributed by atoms with Crippen LogP contribution in [0.2, 0.25) is 5.02 Å². The van der Waals surface area contributed by atoms with Gasteiger partial charge in [-0.1, -0.05) is 11.6 Å². The molecular weight excluding hydrogens is 204 g/mol. The van der Waals surface area contributed by atoms with Crippen LogP contribution in [0.5, 0.6) is 5.75 Å². The van der Waals surface area contributed by atoms with Gasteiger partial charge in [0.05, 0.1) is 5.02 Å². The van der Waals surface area contributed by atoms with E-state index in [1.807, 2.05) is 0 Å². The lowest BCUT2D eigenvalue weighted by atomic mass is 10.1. The molecule has 0 bridgehead atoms. The van der Waals surface area contributed by atoms with Gasteiger partial charge >= 0.3 is 0 Å². The first-order chi connectivity index (χ1) is 6.70. The summed E-state index contributed by atoms with van der Waals surface area (Å²) in [5, 5.41) is 0.425. The molecule has 76 valence electrons. The Labute approximate surface area is 87.6 Å². The smallest absolute Gasteiger partial charge is 0.188 e. The zero-order valence-corrected chi connectivity index (χ0v) is 8.80. The molecular formula is C10H11ClO3. The van der Waals surface area contributed by atoms with Gasteiger partial charge in [0, 0.05) is 18.2 Å². The number of hydrogen-bond acceptors (Lipinski definition) is 3. The highest BCUT2D eigenvalue weighted by Crippen LogP contribution is 2.28. The lowest BCUT2D eigenvalue weighted by Gasteiger charge is -2.09. The van der Waals surface area contributed by atoms with Gasteiger partial charge in [0.15, 0.2) is 13.1 Å². The average molecular weight is 215 g/mol. The van der Waals surface area contributed by atoms with Gasteiger partial charge in [0.2, 0.25) is 0 Å². The minimum atomic E-state index is 0.164. The van der Waals surface area contributed by atoms with E-state index in [9.17, 15) is 4.79 Å². The van der Waals surface area contributed by atoms with Crippen molar-refractivity contribution in [3.05, 3.63) is 28.3 Å². The zero-order chi connectivity index (χ0) is 10.6. The van der Waals surface area contributed by atoms with Crippen molar-refractivity contribution < 1.29 is 14.3 Å². The first-order valence-electron chi connectivity index (χ1n) is 4.06. The van der Waals surface area contributed by atoms with E-state index in [1.54, 1.807) is 19.1 Å². The predicted molar refractivity (Wildman–Crippen MR) is 54.1 cm³/mol. The Bertz CT molecular complexity index is 336. The van der Waals surface area contributed by atoms with Crippen LogP contribution in [0.3, 0.4) is 0 Å². The Hall–Kier alpha value is -1.06. The molecule has 0 spiro atoms. The maximum Gasteiger partial charge on any atom is 0.188 e. The SMILES string of the molecule is COCOc1ccc(C=O)c(Cl)c1C. The standard InChI is InChI=1S/C10H11ClO3/c1-7-9(14-6-13-2)4-3-8(5-12)10(7)11/h3-5H,6H2,1-2H3. The highest BCUT2D eigenvalue weighted by atomic mass is 35.5. The van der Waals surface area contributed by atoms with Gasteiger partial charge in [0.1, 0.15) is 5.75 Å². The Morgan fingerprint density at radius 2 is 2.21 bits per heavy atom. The minimum absolute atomic E-state index is 0.164. The molecule has 0 amide bonds. The van der Waals surface area contributed by atoms with Crippen molar-refractivity contribution >= 4 is 17.9 Å². The number of ether oxygens (including phenoxy) is 2. The number of carbonyl (C=O) groups excluding carboxylic acids is 1. The summed E-state index contributed by atoms with van der Waals surface area (Å²) in [6.07, 6.45) is 0.718. The molecule has 0 aliphatic rings. The van der Waals surface area contributed by atoms with E-state index in [0.717, 1.165) is 11.8 Å². The van der Waals surface area contributed by atoms with Crippen LogP contribution in [0.15, 0.2) is 12.1 Å². The van der Waals surface area contributed by atoms with Gasteiger partial charge in [-0.15, -0.1) is 0 Å². The predicted octanol–water partition coefficient (Wildman–Crippen LogP) is 2.44. The van der Waals surface area contributed by atoms with Crippen molar-refractivity contribution in [1.82, 2.24) is 0 Å². The van der Waals surface area contributed by atoms with Crippen molar-refractivity contribution in [3.8, 4) is 5.75 Å². The fourth-order valence-electron chi connectivity index (χ4n) is 1.06. The molecule has 0 saturated carbocycles. The van der Waals surface area contributed by atoms with E-state index < -0.39 is 0 Å². The normalized spacial score (nSPS) is 9.93. The summed E-state index contributed by atoms with van der Waals surface area (Å²) < 4.78 is 10.0. The van der Waals surface area contributed by atoms with Gasteiger partial charge in [-0.25, -0.2) is 0 Å². The van der Waals surface area contributed by atoms with E-state index in [-0.39, 0.29) is 6.79 Å². The van der Waals surface area contributed by atoms with Gasteiger partial charge in [-0.2, -0.15) is 0 Å². The summed E-state index contributed by atoms with van der Waals surface area (Å²) in [7, 11) is 1.54. The van der Waals surface area contributed by atoms with E-state index in [1.165, 1.54) is 7.11 Å². The van der Waals surface area contributed by atoms with Gasteiger partial charge < -0.3 is 9.47 Å².